The van der Waals surface area contributed by atoms with Gasteiger partial charge in [-0.25, -0.2) is 14.6 Å². The number of esters is 1. The molecule has 2 aromatic rings. The summed E-state index contributed by atoms with van der Waals surface area (Å²) in [5.74, 6) is 0.500. The molecule has 36 heavy (non-hydrogen) atoms. The molecule has 2 aliphatic heterocycles. The average Bonchev–Trinajstić information content (AvgIpc) is 3.09. The van der Waals surface area contributed by atoms with E-state index in [9.17, 15) is 9.59 Å². The number of amides is 1. The predicted molar refractivity (Wildman–Crippen MR) is 143 cm³/mol. The third kappa shape index (κ3) is 6.36. The number of carbonyl (C=O) groups is 2. The van der Waals surface area contributed by atoms with Crippen molar-refractivity contribution in [3.05, 3.63) is 40.8 Å². The summed E-state index contributed by atoms with van der Waals surface area (Å²) >= 11 is 1.73. The van der Waals surface area contributed by atoms with Gasteiger partial charge in [-0.15, -0.1) is 11.3 Å². The number of anilines is 2. The molecular weight excluding hydrogens is 478 g/mol. The first-order valence-corrected chi connectivity index (χ1v) is 13.1. The number of thiophene rings is 1. The molecule has 3 heterocycles. The fraction of sp³-hybridized carbons (Fsp3) is 0.500. The van der Waals surface area contributed by atoms with E-state index in [1.165, 1.54) is 4.88 Å². The number of para-hydroxylation sites is 2. The molecule has 2 aliphatic rings. The lowest BCUT2D eigenvalue weighted by Gasteiger charge is -2.37. The van der Waals surface area contributed by atoms with Gasteiger partial charge in [-0.2, -0.15) is 0 Å². The fourth-order valence-corrected chi connectivity index (χ4v) is 5.18. The molecule has 1 saturated heterocycles. The highest BCUT2D eigenvalue weighted by molar-refractivity contribution is 7.16. The van der Waals surface area contributed by atoms with E-state index in [-0.39, 0.29) is 6.61 Å². The summed E-state index contributed by atoms with van der Waals surface area (Å²) in [6.07, 6.45) is -0.626. The zero-order valence-electron chi connectivity index (χ0n) is 21.6. The van der Waals surface area contributed by atoms with E-state index in [0.29, 0.717) is 6.54 Å². The predicted octanol–water partition coefficient (Wildman–Crippen LogP) is 4.27. The number of aliphatic imine (C=N–C) groups is 1. The highest BCUT2D eigenvalue weighted by Crippen LogP contribution is 2.39. The second kappa shape index (κ2) is 10.9. The van der Waals surface area contributed by atoms with E-state index in [0.717, 1.165) is 54.0 Å². The van der Waals surface area contributed by atoms with Crippen molar-refractivity contribution >= 4 is 45.6 Å². The number of ether oxygens (including phenoxy) is 2. The number of hydrogen-bond acceptors (Lipinski definition) is 9. The molecule has 194 valence electrons. The van der Waals surface area contributed by atoms with E-state index in [1.807, 2.05) is 24.3 Å². The fourth-order valence-electron chi connectivity index (χ4n) is 4.26. The number of amidine groups is 1. The third-order valence-corrected chi connectivity index (χ3v) is 6.82. The van der Waals surface area contributed by atoms with Crippen LogP contribution in [0.1, 0.15) is 38.1 Å². The van der Waals surface area contributed by atoms with E-state index in [2.05, 4.69) is 33.4 Å². The number of carbonyl (C=O) groups excluding carboxylic acids is 2. The second-order valence-electron chi connectivity index (χ2n) is 9.92. The summed E-state index contributed by atoms with van der Waals surface area (Å²) in [6, 6.07) is 9.46. The van der Waals surface area contributed by atoms with Crippen molar-refractivity contribution in [2.75, 3.05) is 44.6 Å². The van der Waals surface area contributed by atoms with Crippen LogP contribution in [-0.4, -0.2) is 78.7 Å². The van der Waals surface area contributed by atoms with Crippen molar-refractivity contribution in [2.45, 2.75) is 46.3 Å². The van der Waals surface area contributed by atoms with Crippen molar-refractivity contribution in [1.82, 2.24) is 15.1 Å². The number of rotatable bonds is 5. The van der Waals surface area contributed by atoms with Gasteiger partial charge in [0.1, 0.15) is 22.5 Å². The molecule has 0 saturated carbocycles. The van der Waals surface area contributed by atoms with Crippen molar-refractivity contribution < 1.29 is 19.1 Å². The first-order valence-electron chi connectivity index (χ1n) is 12.3. The topological polar surface area (TPSA) is 95.5 Å². The maximum Gasteiger partial charge on any atom is 0.408 e. The van der Waals surface area contributed by atoms with Gasteiger partial charge in [0.2, 0.25) is 0 Å². The number of nitrogens with one attached hydrogen (secondary N) is 2. The van der Waals surface area contributed by atoms with Crippen LogP contribution in [0.4, 0.5) is 21.2 Å². The molecule has 1 aromatic carbocycles. The van der Waals surface area contributed by atoms with E-state index in [1.54, 1.807) is 39.0 Å². The Kier molecular flexibility index (Phi) is 7.85. The Morgan fingerprint density at radius 3 is 2.61 bits per heavy atom. The molecule has 0 radical (unpaired) electrons. The van der Waals surface area contributed by atoms with Gasteiger partial charge in [0, 0.05) is 37.6 Å². The molecule has 1 atom stereocenters. The van der Waals surface area contributed by atoms with E-state index in [4.69, 9.17) is 14.5 Å². The van der Waals surface area contributed by atoms with Crippen LogP contribution in [0.2, 0.25) is 0 Å². The molecule has 1 amide bonds. The average molecular weight is 514 g/mol. The SMILES string of the molecule is CCOC(=O)C(CN1CCN(C2=Nc3ccccc3Nc3sc(C)cc32)CC1)NC(=O)OC(C)(C)C. The summed E-state index contributed by atoms with van der Waals surface area (Å²) in [5.41, 5.74) is 2.37. The Balaban J connectivity index is 1.45. The van der Waals surface area contributed by atoms with Crippen LogP contribution in [0.15, 0.2) is 35.3 Å². The number of fused-ring (bicyclic) bond motifs is 2. The summed E-state index contributed by atoms with van der Waals surface area (Å²) in [4.78, 5) is 35.7. The minimum Gasteiger partial charge on any atom is -0.464 e. The van der Waals surface area contributed by atoms with Crippen LogP contribution in [0.25, 0.3) is 0 Å². The van der Waals surface area contributed by atoms with Gasteiger partial charge in [0.25, 0.3) is 0 Å². The highest BCUT2D eigenvalue weighted by Gasteiger charge is 2.31. The van der Waals surface area contributed by atoms with Crippen LogP contribution in [0.5, 0.6) is 0 Å². The lowest BCUT2D eigenvalue weighted by molar-refractivity contribution is -0.146. The van der Waals surface area contributed by atoms with E-state index >= 15 is 0 Å². The van der Waals surface area contributed by atoms with Crippen LogP contribution in [-0.2, 0) is 14.3 Å². The Hall–Kier alpha value is -3.11. The van der Waals surface area contributed by atoms with Crippen molar-refractivity contribution in [3.8, 4) is 0 Å². The minimum atomic E-state index is -0.802. The number of nitrogens with zero attached hydrogens (tertiary/aromatic N) is 3. The van der Waals surface area contributed by atoms with Crippen LogP contribution >= 0.6 is 11.3 Å². The quantitative estimate of drug-likeness (QED) is 0.577. The standard InChI is InChI=1S/C26H35N5O4S/c1-6-34-24(32)21(29-25(33)35-26(3,4)5)16-30-11-13-31(14-12-30)22-18-15-17(2)36-23(18)28-20-10-8-7-9-19(20)27-22/h7-10,15,21,28H,6,11-14,16H2,1-5H3,(H,29,33). The second-order valence-corrected chi connectivity index (χ2v) is 11.2. The molecular formula is C26H35N5O4S. The number of piperazine rings is 1. The highest BCUT2D eigenvalue weighted by atomic mass is 32.1. The summed E-state index contributed by atoms with van der Waals surface area (Å²) in [5, 5.41) is 7.34. The van der Waals surface area contributed by atoms with Gasteiger partial charge in [-0.1, -0.05) is 12.1 Å². The Labute approximate surface area is 216 Å². The first-order chi connectivity index (χ1) is 17.1. The zero-order chi connectivity index (χ0) is 25.9. The van der Waals surface area contributed by atoms with Crippen LogP contribution < -0.4 is 10.6 Å². The maximum atomic E-state index is 12.6. The third-order valence-electron chi connectivity index (χ3n) is 5.85. The molecule has 9 nitrogen and oxygen atoms in total. The molecule has 1 aromatic heterocycles. The number of alkyl carbamates (subject to hydrolysis) is 1. The maximum absolute atomic E-state index is 12.6. The molecule has 0 spiro atoms. The zero-order valence-corrected chi connectivity index (χ0v) is 22.4. The van der Waals surface area contributed by atoms with Crippen molar-refractivity contribution in [3.63, 3.8) is 0 Å². The largest absolute Gasteiger partial charge is 0.464 e. The van der Waals surface area contributed by atoms with Crippen LogP contribution in [0, 0.1) is 6.92 Å². The molecule has 10 heteroatoms. The normalized spacial score (nSPS) is 16.6. The molecule has 1 fully saturated rings. The molecule has 0 aliphatic carbocycles. The molecule has 1 unspecified atom stereocenters. The molecule has 4 rings (SSSR count). The lowest BCUT2D eigenvalue weighted by atomic mass is 10.2. The number of benzene rings is 1. The molecule has 0 bridgehead atoms. The number of aryl methyl sites for hydroxylation is 1. The summed E-state index contributed by atoms with van der Waals surface area (Å²) in [7, 11) is 0. The summed E-state index contributed by atoms with van der Waals surface area (Å²) < 4.78 is 10.6. The Morgan fingerprint density at radius 2 is 1.92 bits per heavy atom. The van der Waals surface area contributed by atoms with Gasteiger partial charge in [-0.3, -0.25) is 4.90 Å². The molecule has 2 N–H and O–H groups in total. The minimum absolute atomic E-state index is 0.247. The first kappa shape index (κ1) is 26.0. The van der Waals surface area contributed by atoms with Crippen LogP contribution in [0.3, 0.4) is 0 Å². The van der Waals surface area contributed by atoms with Crippen molar-refractivity contribution in [1.29, 1.82) is 0 Å². The Morgan fingerprint density at radius 1 is 1.19 bits per heavy atom. The van der Waals surface area contributed by atoms with Gasteiger partial charge in [0.15, 0.2) is 0 Å². The van der Waals surface area contributed by atoms with Crippen molar-refractivity contribution in [2.24, 2.45) is 4.99 Å². The smallest absolute Gasteiger partial charge is 0.408 e. The van der Waals surface area contributed by atoms with Gasteiger partial charge in [-0.05, 0) is 52.8 Å². The van der Waals surface area contributed by atoms with Gasteiger partial charge in [0.05, 0.1) is 23.5 Å². The summed E-state index contributed by atoms with van der Waals surface area (Å²) in [6.45, 7) is 12.8. The van der Waals surface area contributed by atoms with Gasteiger partial charge >= 0.3 is 12.1 Å². The monoisotopic (exact) mass is 513 g/mol. The number of hydrogen-bond donors (Lipinski definition) is 2. The van der Waals surface area contributed by atoms with E-state index < -0.39 is 23.7 Å². The Bertz CT molecular complexity index is 1130. The lowest BCUT2D eigenvalue weighted by Crippen LogP contribution is -2.55. The van der Waals surface area contributed by atoms with Gasteiger partial charge < -0.3 is 25.0 Å².